The molecule has 9 nitrogen and oxygen atoms in total. The molecule has 2 N–H and O–H groups in total. The third-order valence-electron chi connectivity index (χ3n) is 6.41. The molecule has 0 amide bonds. The van der Waals surface area contributed by atoms with E-state index in [2.05, 4.69) is 31.6 Å². The highest BCUT2D eigenvalue weighted by molar-refractivity contribution is 7.16. The lowest BCUT2D eigenvalue weighted by molar-refractivity contribution is -0.157. The van der Waals surface area contributed by atoms with Gasteiger partial charge in [-0.15, -0.1) is 0 Å². The maximum absolute atomic E-state index is 12.4. The maximum Gasteiger partial charge on any atom is 0.320 e. The molecular formula is C25H29N7O2S. The first kappa shape index (κ1) is 23.5. The fourth-order valence-corrected chi connectivity index (χ4v) is 5.73. The van der Waals surface area contributed by atoms with Crippen molar-refractivity contribution >= 4 is 45.0 Å². The molecule has 5 rings (SSSR count). The number of aromatic nitrogens is 3. The van der Waals surface area contributed by atoms with Crippen LogP contribution in [0.15, 0.2) is 30.6 Å². The van der Waals surface area contributed by atoms with Crippen molar-refractivity contribution in [3.8, 4) is 6.07 Å². The first-order valence-electron chi connectivity index (χ1n) is 11.9. The van der Waals surface area contributed by atoms with Crippen LogP contribution in [0.4, 0.5) is 16.8 Å². The van der Waals surface area contributed by atoms with Crippen LogP contribution in [-0.4, -0.2) is 56.1 Å². The highest BCUT2D eigenvalue weighted by Crippen LogP contribution is 2.37. The highest BCUT2D eigenvalue weighted by Gasteiger charge is 2.42. The van der Waals surface area contributed by atoms with Crippen LogP contribution < -0.4 is 10.6 Å². The van der Waals surface area contributed by atoms with Gasteiger partial charge in [-0.25, -0.2) is 9.97 Å². The Morgan fingerprint density at radius 1 is 1.29 bits per heavy atom. The van der Waals surface area contributed by atoms with Gasteiger partial charge >= 0.3 is 5.97 Å². The number of thiazole rings is 1. The summed E-state index contributed by atoms with van der Waals surface area (Å²) in [4.78, 5) is 28.9. The van der Waals surface area contributed by atoms with Gasteiger partial charge in [-0.05, 0) is 58.6 Å². The molecule has 2 aliphatic heterocycles. The molecule has 2 saturated heterocycles. The number of esters is 1. The van der Waals surface area contributed by atoms with Crippen molar-refractivity contribution in [3.05, 3.63) is 35.5 Å². The molecular weight excluding hydrogens is 462 g/mol. The molecule has 3 aromatic heterocycles. The first-order chi connectivity index (χ1) is 16.8. The molecule has 5 heterocycles. The van der Waals surface area contributed by atoms with Crippen molar-refractivity contribution in [2.75, 3.05) is 17.2 Å². The fraction of sp³-hybridized carbons (Fsp3) is 0.480. The van der Waals surface area contributed by atoms with Crippen molar-refractivity contribution in [2.45, 2.75) is 70.2 Å². The Bertz CT molecular complexity index is 1260. The van der Waals surface area contributed by atoms with Crippen molar-refractivity contribution in [1.82, 2.24) is 19.9 Å². The summed E-state index contributed by atoms with van der Waals surface area (Å²) in [7, 11) is 0. The lowest BCUT2D eigenvalue weighted by Crippen LogP contribution is -2.49. The summed E-state index contributed by atoms with van der Waals surface area (Å²) in [5, 5.41) is 17.5. The Kier molecular flexibility index (Phi) is 6.30. The Hall–Kier alpha value is -3.29. The monoisotopic (exact) mass is 491 g/mol. The third-order valence-corrected chi connectivity index (χ3v) is 7.22. The van der Waals surface area contributed by atoms with E-state index < -0.39 is 5.60 Å². The minimum absolute atomic E-state index is 0.153. The number of carbonyl (C=O) groups excluding carboxylic acids is 1. The van der Waals surface area contributed by atoms with Crippen LogP contribution in [0, 0.1) is 11.3 Å². The van der Waals surface area contributed by atoms with Gasteiger partial charge in [-0.3, -0.25) is 14.7 Å². The number of anilines is 3. The second-order valence-electron chi connectivity index (χ2n) is 10.1. The summed E-state index contributed by atoms with van der Waals surface area (Å²) in [5.41, 5.74) is 0.361. The molecule has 0 spiro atoms. The van der Waals surface area contributed by atoms with Gasteiger partial charge in [-0.2, -0.15) is 5.26 Å². The highest BCUT2D eigenvalue weighted by atomic mass is 32.1. The standard InChI is InChI=1S/C25H29N7O2S/c1-25(2,3)34-22(33)14-32-16-6-7-17(32)10-15(9-16)29-23-19-5-4-8-27-20(19)11-21(30-23)31-24-28-13-18(12-26)35-24/h4-5,8,11,13,15-17H,6-7,9-10,14H2,1-3H3,(H2,28,29,30,31)/t15?,16-,17+. The molecule has 2 aliphatic rings. The molecule has 0 aliphatic carbocycles. The number of carbonyl (C=O) groups is 1. The number of fused-ring (bicyclic) bond motifs is 3. The summed E-state index contributed by atoms with van der Waals surface area (Å²) in [5.74, 6) is 1.25. The zero-order chi connectivity index (χ0) is 24.6. The lowest BCUT2D eigenvalue weighted by Gasteiger charge is -2.39. The minimum atomic E-state index is -0.468. The molecule has 0 aromatic carbocycles. The summed E-state index contributed by atoms with van der Waals surface area (Å²) in [6.07, 6.45) is 7.38. The van der Waals surface area contributed by atoms with Crippen molar-refractivity contribution in [1.29, 1.82) is 5.26 Å². The van der Waals surface area contributed by atoms with Crippen LogP contribution in [-0.2, 0) is 9.53 Å². The van der Waals surface area contributed by atoms with Gasteiger partial charge in [0.2, 0.25) is 0 Å². The van der Waals surface area contributed by atoms with Gasteiger partial charge in [0.15, 0.2) is 5.13 Å². The fourth-order valence-electron chi connectivity index (χ4n) is 5.11. The summed E-state index contributed by atoms with van der Waals surface area (Å²) >= 11 is 1.28. The van der Waals surface area contributed by atoms with Crippen LogP contribution in [0.2, 0.25) is 0 Å². The second kappa shape index (κ2) is 9.40. The topological polar surface area (TPSA) is 116 Å². The number of rotatable bonds is 6. The van der Waals surface area contributed by atoms with Gasteiger partial charge in [0, 0.05) is 35.8 Å². The Labute approximate surface area is 208 Å². The molecule has 0 radical (unpaired) electrons. The smallest absolute Gasteiger partial charge is 0.320 e. The molecule has 0 saturated carbocycles. The van der Waals surface area contributed by atoms with Crippen molar-refractivity contribution in [2.24, 2.45) is 0 Å². The van der Waals surface area contributed by atoms with Crippen molar-refractivity contribution in [3.63, 3.8) is 0 Å². The normalized spacial score (nSPS) is 22.1. The predicted octanol–water partition coefficient (Wildman–Crippen LogP) is 4.45. The van der Waals surface area contributed by atoms with E-state index in [-0.39, 0.29) is 12.0 Å². The van der Waals surface area contributed by atoms with E-state index in [0.29, 0.717) is 34.5 Å². The van der Waals surface area contributed by atoms with E-state index >= 15 is 0 Å². The van der Waals surface area contributed by atoms with Crippen LogP contribution in [0.1, 0.15) is 51.3 Å². The Morgan fingerprint density at radius 2 is 2.06 bits per heavy atom. The SMILES string of the molecule is CC(C)(C)OC(=O)CN1[C@@H]2CC[C@H]1CC(Nc1nc(Nc3ncc(C#N)s3)cc3ncccc13)C2. The number of nitriles is 1. The lowest BCUT2D eigenvalue weighted by atomic mass is 9.97. The zero-order valence-electron chi connectivity index (χ0n) is 20.1. The van der Waals surface area contributed by atoms with Crippen LogP contribution in [0.25, 0.3) is 10.9 Å². The number of pyridine rings is 2. The molecule has 1 unspecified atom stereocenters. The third kappa shape index (κ3) is 5.36. The maximum atomic E-state index is 12.4. The second-order valence-corrected chi connectivity index (χ2v) is 11.2. The quantitative estimate of drug-likeness (QED) is 0.482. The van der Waals surface area contributed by atoms with Gasteiger partial charge < -0.3 is 15.4 Å². The number of hydrogen-bond donors (Lipinski definition) is 2. The Morgan fingerprint density at radius 3 is 2.74 bits per heavy atom. The predicted molar refractivity (Wildman–Crippen MR) is 136 cm³/mol. The van der Waals surface area contributed by atoms with Crippen LogP contribution in [0.3, 0.4) is 0 Å². The summed E-state index contributed by atoms with van der Waals surface area (Å²) < 4.78 is 5.56. The molecule has 10 heteroatoms. The number of nitrogens with zero attached hydrogens (tertiary/aromatic N) is 5. The zero-order valence-corrected chi connectivity index (χ0v) is 20.9. The largest absolute Gasteiger partial charge is 0.459 e. The Balaban J connectivity index is 1.32. The molecule has 35 heavy (non-hydrogen) atoms. The summed E-state index contributed by atoms with van der Waals surface area (Å²) in [6.45, 7) is 6.06. The molecule has 3 atom stereocenters. The number of piperidine rings is 1. The molecule has 182 valence electrons. The number of nitrogens with one attached hydrogen (secondary N) is 2. The van der Waals surface area contributed by atoms with Gasteiger partial charge in [0.25, 0.3) is 0 Å². The van der Waals surface area contributed by atoms with Crippen LogP contribution >= 0.6 is 11.3 Å². The van der Waals surface area contributed by atoms with E-state index in [9.17, 15) is 4.79 Å². The van der Waals surface area contributed by atoms with Gasteiger partial charge in [0.1, 0.15) is 28.2 Å². The average Bonchev–Trinajstić information content (AvgIpc) is 3.33. The van der Waals surface area contributed by atoms with E-state index in [1.165, 1.54) is 11.3 Å². The van der Waals surface area contributed by atoms with Crippen LogP contribution in [0.5, 0.6) is 0 Å². The molecule has 3 aromatic rings. The first-order valence-corrected chi connectivity index (χ1v) is 12.7. The number of hydrogen-bond acceptors (Lipinski definition) is 10. The van der Waals surface area contributed by atoms with E-state index in [4.69, 9.17) is 15.0 Å². The van der Waals surface area contributed by atoms with E-state index in [0.717, 1.165) is 42.4 Å². The molecule has 2 bridgehead atoms. The van der Waals surface area contributed by atoms with Crippen molar-refractivity contribution < 1.29 is 9.53 Å². The van der Waals surface area contributed by atoms with Gasteiger partial charge in [0.05, 0.1) is 18.3 Å². The van der Waals surface area contributed by atoms with E-state index in [1.807, 2.05) is 39.0 Å². The average molecular weight is 492 g/mol. The van der Waals surface area contributed by atoms with Gasteiger partial charge in [-0.1, -0.05) is 11.3 Å². The minimum Gasteiger partial charge on any atom is -0.459 e. The van der Waals surface area contributed by atoms with E-state index in [1.54, 1.807) is 12.4 Å². The number of ether oxygens (including phenoxy) is 1. The summed E-state index contributed by atoms with van der Waals surface area (Å²) in [6, 6.07) is 8.88. The molecule has 2 fully saturated rings.